The third-order valence-electron chi connectivity index (χ3n) is 5.11. The van der Waals surface area contributed by atoms with Gasteiger partial charge in [-0.1, -0.05) is 0 Å². The second-order valence-corrected chi connectivity index (χ2v) is 7.15. The van der Waals surface area contributed by atoms with Gasteiger partial charge in [0.2, 0.25) is 0 Å². The Kier molecular flexibility index (Phi) is 5.07. The number of ether oxygens (including phenoxy) is 1. The van der Waals surface area contributed by atoms with Crippen molar-refractivity contribution < 1.29 is 32.3 Å². The summed E-state index contributed by atoms with van der Waals surface area (Å²) < 4.78 is 43.4. The predicted molar refractivity (Wildman–Crippen MR) is 100 cm³/mol. The number of alkyl halides is 3. The number of anilines is 1. The zero-order valence-electron chi connectivity index (χ0n) is 15.7. The number of fused-ring (bicyclic) bond motifs is 1. The Balaban J connectivity index is 1.49. The van der Waals surface area contributed by atoms with Crippen molar-refractivity contribution in [2.45, 2.75) is 25.1 Å². The van der Waals surface area contributed by atoms with E-state index in [0.29, 0.717) is 6.61 Å². The lowest BCUT2D eigenvalue weighted by molar-refractivity contribution is -0.137. The second-order valence-electron chi connectivity index (χ2n) is 7.15. The third-order valence-corrected chi connectivity index (χ3v) is 5.11. The Morgan fingerprint density at radius 2 is 1.77 bits per heavy atom. The van der Waals surface area contributed by atoms with E-state index in [1.807, 2.05) is 0 Å². The van der Waals surface area contributed by atoms with Crippen LogP contribution in [0.4, 0.5) is 18.9 Å². The van der Waals surface area contributed by atoms with Crippen molar-refractivity contribution in [1.29, 1.82) is 0 Å². The summed E-state index contributed by atoms with van der Waals surface area (Å²) in [6, 6.07) is 8.15. The average Bonchev–Trinajstić information content (AvgIpc) is 3.30. The van der Waals surface area contributed by atoms with Crippen molar-refractivity contribution in [3.8, 4) is 0 Å². The van der Waals surface area contributed by atoms with Crippen molar-refractivity contribution in [3.63, 3.8) is 0 Å². The standard InChI is InChI=1S/C21H17F3N2O4/c22-21(23,24)13-4-6-14(7-5-13)25-18(27)12-3-8-16-17(10-12)20(29)26(19(16)28)11-15-2-1-9-30-15/h3-8,10,15H,1-2,9,11H2,(H,25,27)/t15-/m1/s1. The van der Waals surface area contributed by atoms with Gasteiger partial charge in [-0.15, -0.1) is 0 Å². The highest BCUT2D eigenvalue weighted by molar-refractivity contribution is 6.22. The molecule has 0 aliphatic carbocycles. The van der Waals surface area contributed by atoms with Crippen molar-refractivity contribution >= 4 is 23.4 Å². The van der Waals surface area contributed by atoms with Gasteiger partial charge in [-0.3, -0.25) is 19.3 Å². The topological polar surface area (TPSA) is 75.7 Å². The van der Waals surface area contributed by atoms with Gasteiger partial charge >= 0.3 is 6.18 Å². The van der Waals surface area contributed by atoms with Gasteiger partial charge in [-0.2, -0.15) is 13.2 Å². The molecular weight excluding hydrogens is 401 g/mol. The normalized spacial score (nSPS) is 18.6. The highest BCUT2D eigenvalue weighted by atomic mass is 19.4. The molecule has 0 radical (unpaired) electrons. The number of imide groups is 1. The van der Waals surface area contributed by atoms with E-state index in [4.69, 9.17) is 4.74 Å². The molecule has 0 spiro atoms. The summed E-state index contributed by atoms with van der Waals surface area (Å²) in [5, 5.41) is 2.49. The van der Waals surface area contributed by atoms with Gasteiger partial charge in [-0.05, 0) is 55.3 Å². The lowest BCUT2D eigenvalue weighted by Gasteiger charge is -2.17. The molecule has 2 aromatic carbocycles. The highest BCUT2D eigenvalue weighted by Gasteiger charge is 2.38. The first-order valence-corrected chi connectivity index (χ1v) is 9.34. The van der Waals surface area contributed by atoms with Gasteiger partial charge in [0.25, 0.3) is 17.7 Å². The second kappa shape index (κ2) is 7.56. The van der Waals surface area contributed by atoms with Gasteiger partial charge < -0.3 is 10.1 Å². The van der Waals surface area contributed by atoms with Crippen LogP contribution >= 0.6 is 0 Å². The molecule has 30 heavy (non-hydrogen) atoms. The van der Waals surface area contributed by atoms with E-state index in [-0.39, 0.29) is 35.0 Å². The van der Waals surface area contributed by atoms with Crippen molar-refractivity contribution in [3.05, 3.63) is 64.7 Å². The molecule has 1 fully saturated rings. The maximum atomic E-state index is 12.7. The fourth-order valence-electron chi connectivity index (χ4n) is 3.54. The number of amides is 3. The molecule has 4 rings (SSSR count). The molecule has 2 aliphatic heterocycles. The van der Waals surface area contributed by atoms with Crippen LogP contribution in [-0.4, -0.2) is 41.9 Å². The molecule has 3 amide bonds. The summed E-state index contributed by atoms with van der Waals surface area (Å²) in [6.07, 6.45) is -3.00. The van der Waals surface area contributed by atoms with Gasteiger partial charge in [0, 0.05) is 17.9 Å². The molecule has 2 aliphatic rings. The minimum Gasteiger partial charge on any atom is -0.376 e. The van der Waals surface area contributed by atoms with Crippen LogP contribution in [0, 0.1) is 0 Å². The van der Waals surface area contributed by atoms with Gasteiger partial charge in [0.1, 0.15) is 0 Å². The number of carbonyl (C=O) groups excluding carboxylic acids is 3. The zero-order valence-corrected chi connectivity index (χ0v) is 15.7. The van der Waals surface area contributed by atoms with Gasteiger partial charge in [0.15, 0.2) is 0 Å². The van der Waals surface area contributed by atoms with E-state index in [2.05, 4.69) is 5.32 Å². The maximum Gasteiger partial charge on any atom is 0.416 e. The van der Waals surface area contributed by atoms with Crippen LogP contribution in [0.3, 0.4) is 0 Å². The fourth-order valence-corrected chi connectivity index (χ4v) is 3.54. The number of rotatable bonds is 4. The molecular formula is C21H17F3N2O4. The van der Waals surface area contributed by atoms with Crippen LogP contribution in [0.5, 0.6) is 0 Å². The number of hydrogen-bond donors (Lipinski definition) is 1. The summed E-state index contributed by atoms with van der Waals surface area (Å²) >= 11 is 0. The monoisotopic (exact) mass is 418 g/mol. The number of hydrogen-bond acceptors (Lipinski definition) is 4. The first kappa shape index (κ1) is 20.1. The third kappa shape index (κ3) is 3.80. The number of nitrogens with zero attached hydrogens (tertiary/aromatic N) is 1. The Morgan fingerprint density at radius 1 is 1.07 bits per heavy atom. The smallest absolute Gasteiger partial charge is 0.376 e. The minimum absolute atomic E-state index is 0.119. The summed E-state index contributed by atoms with van der Waals surface area (Å²) in [5.41, 5.74) is -0.194. The van der Waals surface area contributed by atoms with E-state index >= 15 is 0 Å². The number of halogens is 3. The lowest BCUT2D eigenvalue weighted by Crippen LogP contribution is -2.36. The van der Waals surface area contributed by atoms with E-state index in [1.165, 1.54) is 18.2 Å². The number of carbonyl (C=O) groups is 3. The highest BCUT2D eigenvalue weighted by Crippen LogP contribution is 2.30. The summed E-state index contributed by atoms with van der Waals surface area (Å²) in [4.78, 5) is 38.8. The van der Waals surface area contributed by atoms with E-state index in [9.17, 15) is 27.6 Å². The van der Waals surface area contributed by atoms with Crippen molar-refractivity contribution in [2.24, 2.45) is 0 Å². The van der Waals surface area contributed by atoms with Crippen molar-refractivity contribution in [1.82, 2.24) is 4.90 Å². The van der Waals surface area contributed by atoms with E-state index < -0.39 is 29.5 Å². The molecule has 0 unspecified atom stereocenters. The fraction of sp³-hybridized carbons (Fsp3) is 0.286. The first-order valence-electron chi connectivity index (χ1n) is 9.34. The lowest BCUT2D eigenvalue weighted by atomic mass is 10.1. The number of benzene rings is 2. The molecule has 9 heteroatoms. The molecule has 1 N–H and O–H groups in total. The van der Waals surface area contributed by atoms with Crippen LogP contribution in [0.1, 0.15) is 49.5 Å². The van der Waals surface area contributed by atoms with E-state index in [1.54, 1.807) is 0 Å². The largest absolute Gasteiger partial charge is 0.416 e. The van der Waals surface area contributed by atoms with Crippen LogP contribution in [-0.2, 0) is 10.9 Å². The average molecular weight is 418 g/mol. The minimum atomic E-state index is -4.47. The zero-order chi connectivity index (χ0) is 21.5. The Hall–Kier alpha value is -3.20. The first-order chi connectivity index (χ1) is 14.2. The van der Waals surface area contributed by atoms with Crippen LogP contribution < -0.4 is 5.32 Å². The quantitative estimate of drug-likeness (QED) is 0.768. The SMILES string of the molecule is O=C(Nc1ccc(C(F)(F)F)cc1)c1ccc2c(c1)C(=O)N(C[C@H]1CCCO1)C2=O. The Morgan fingerprint density at radius 3 is 2.40 bits per heavy atom. The Bertz CT molecular complexity index is 1010. The predicted octanol–water partition coefficient (Wildman–Crippen LogP) is 3.73. The van der Waals surface area contributed by atoms with Gasteiger partial charge in [0.05, 0.1) is 29.3 Å². The molecule has 1 atom stereocenters. The van der Waals surface area contributed by atoms with Crippen LogP contribution in [0.15, 0.2) is 42.5 Å². The van der Waals surface area contributed by atoms with Gasteiger partial charge in [-0.25, -0.2) is 0 Å². The summed E-state index contributed by atoms with van der Waals surface area (Å²) in [5.74, 6) is -1.52. The molecule has 0 bridgehead atoms. The Labute approximate surface area is 169 Å². The molecule has 2 aromatic rings. The van der Waals surface area contributed by atoms with Crippen LogP contribution in [0.25, 0.3) is 0 Å². The number of nitrogens with one attached hydrogen (secondary N) is 1. The molecule has 0 aromatic heterocycles. The summed E-state index contributed by atoms with van der Waals surface area (Å²) in [6.45, 7) is 0.765. The van der Waals surface area contributed by atoms with E-state index in [0.717, 1.165) is 42.0 Å². The van der Waals surface area contributed by atoms with Crippen molar-refractivity contribution in [2.75, 3.05) is 18.5 Å². The molecule has 2 heterocycles. The summed E-state index contributed by atoms with van der Waals surface area (Å²) in [7, 11) is 0. The van der Waals surface area contributed by atoms with Crippen LogP contribution in [0.2, 0.25) is 0 Å². The molecule has 6 nitrogen and oxygen atoms in total. The maximum absolute atomic E-state index is 12.7. The molecule has 0 saturated carbocycles. The molecule has 1 saturated heterocycles. The molecule has 156 valence electrons.